The minimum absolute atomic E-state index is 0.509. The predicted octanol–water partition coefficient (Wildman–Crippen LogP) is 1.65. The lowest BCUT2D eigenvalue weighted by Crippen LogP contribution is -2.51. The van der Waals surface area contributed by atoms with E-state index in [0.29, 0.717) is 6.04 Å². The van der Waals surface area contributed by atoms with Gasteiger partial charge < -0.3 is 15.1 Å². The van der Waals surface area contributed by atoms with Gasteiger partial charge in [0.15, 0.2) is 0 Å². The average molecular weight is 291 g/mol. The van der Waals surface area contributed by atoms with Crippen molar-refractivity contribution < 1.29 is 0 Å². The lowest BCUT2D eigenvalue weighted by molar-refractivity contribution is 0.113. The zero-order valence-corrected chi connectivity index (χ0v) is 13.9. The van der Waals surface area contributed by atoms with Crippen LogP contribution in [0.2, 0.25) is 0 Å². The summed E-state index contributed by atoms with van der Waals surface area (Å²) in [6, 6.07) is 2.59. The summed E-state index contributed by atoms with van der Waals surface area (Å²) in [7, 11) is 4.40. The Hall–Kier alpha value is -1.20. The van der Waals surface area contributed by atoms with E-state index in [1.165, 1.54) is 0 Å². The number of aromatic nitrogens is 2. The minimum Gasteiger partial charge on any atom is -0.370 e. The molecule has 0 radical (unpaired) electrons. The lowest BCUT2D eigenvalue weighted by atomic mass is 10.1. The van der Waals surface area contributed by atoms with Crippen LogP contribution >= 0.6 is 0 Å². The van der Waals surface area contributed by atoms with Gasteiger partial charge in [0.25, 0.3) is 0 Å². The number of rotatable bonds is 6. The number of hydrogen-bond donors (Lipinski definition) is 1. The second-order valence-corrected chi connectivity index (χ2v) is 6.04. The van der Waals surface area contributed by atoms with Crippen LogP contribution in [0.4, 0.5) is 5.82 Å². The third kappa shape index (κ3) is 4.64. The van der Waals surface area contributed by atoms with Crippen LogP contribution in [-0.2, 0) is 12.8 Å². The number of aryl methyl sites for hydroxylation is 1. The quantitative estimate of drug-likeness (QED) is 0.863. The molecule has 1 aromatic heterocycles. The number of nitrogens with one attached hydrogen (secondary N) is 1. The van der Waals surface area contributed by atoms with Crippen molar-refractivity contribution in [1.82, 2.24) is 19.8 Å². The first-order valence-electron chi connectivity index (χ1n) is 8.11. The summed E-state index contributed by atoms with van der Waals surface area (Å²) in [6.45, 7) is 8.64. The molecule has 0 aliphatic carbocycles. The maximum atomic E-state index is 4.72. The first-order chi connectivity index (χ1) is 10.1. The molecular formula is C16H29N5. The lowest BCUT2D eigenvalue weighted by Gasteiger charge is -2.37. The summed E-state index contributed by atoms with van der Waals surface area (Å²) in [5.41, 5.74) is 1.13. The van der Waals surface area contributed by atoms with Crippen molar-refractivity contribution >= 4 is 5.82 Å². The van der Waals surface area contributed by atoms with Gasteiger partial charge in [0.1, 0.15) is 11.6 Å². The normalized spacial score (nSPS) is 20.7. The standard InChI is InChI=1S/C16H29N5/c1-5-7-17-15-10-13(6-2)18-16(19-15)11-14-12-20(3)8-9-21(14)4/h10,14H,5-9,11-12H2,1-4H3,(H,17,18,19). The zero-order valence-electron chi connectivity index (χ0n) is 13.9. The van der Waals surface area contributed by atoms with E-state index >= 15 is 0 Å². The molecule has 118 valence electrons. The highest BCUT2D eigenvalue weighted by Gasteiger charge is 2.23. The number of likely N-dealkylation sites (N-methyl/N-ethyl adjacent to an activating group) is 2. The summed E-state index contributed by atoms with van der Waals surface area (Å²) in [4.78, 5) is 14.2. The SMILES string of the molecule is CCCNc1cc(CC)nc(CC2CN(C)CCN2C)n1. The molecule has 5 nitrogen and oxygen atoms in total. The molecule has 1 unspecified atom stereocenters. The van der Waals surface area contributed by atoms with E-state index in [0.717, 1.165) is 62.8 Å². The second-order valence-electron chi connectivity index (χ2n) is 6.04. The molecule has 0 spiro atoms. The van der Waals surface area contributed by atoms with Crippen LogP contribution in [0, 0.1) is 0 Å². The molecule has 1 aliphatic rings. The highest BCUT2D eigenvalue weighted by atomic mass is 15.3. The maximum absolute atomic E-state index is 4.72. The highest BCUT2D eigenvalue weighted by Crippen LogP contribution is 2.13. The molecule has 2 rings (SSSR count). The molecule has 0 aromatic carbocycles. The van der Waals surface area contributed by atoms with Gasteiger partial charge in [0.05, 0.1) is 0 Å². The van der Waals surface area contributed by atoms with Crippen molar-refractivity contribution in [2.24, 2.45) is 0 Å². The smallest absolute Gasteiger partial charge is 0.132 e. The Balaban J connectivity index is 2.10. The molecule has 1 aromatic rings. The highest BCUT2D eigenvalue weighted by molar-refractivity contribution is 5.36. The van der Waals surface area contributed by atoms with E-state index in [1.807, 2.05) is 0 Å². The Labute approximate surface area is 128 Å². The summed E-state index contributed by atoms with van der Waals surface area (Å²) in [6.07, 6.45) is 2.99. The fraction of sp³-hybridized carbons (Fsp3) is 0.750. The molecule has 1 atom stereocenters. The largest absolute Gasteiger partial charge is 0.370 e. The fourth-order valence-corrected chi connectivity index (χ4v) is 2.70. The Morgan fingerprint density at radius 2 is 2.05 bits per heavy atom. The molecule has 0 saturated carbocycles. The first kappa shape index (κ1) is 16.2. The van der Waals surface area contributed by atoms with Crippen molar-refractivity contribution in [2.45, 2.75) is 39.2 Å². The van der Waals surface area contributed by atoms with E-state index in [1.54, 1.807) is 0 Å². The molecule has 0 amide bonds. The monoisotopic (exact) mass is 291 g/mol. The molecule has 1 saturated heterocycles. The molecule has 21 heavy (non-hydrogen) atoms. The molecule has 5 heteroatoms. The number of anilines is 1. The Kier molecular flexibility index (Phi) is 5.94. The van der Waals surface area contributed by atoms with Crippen LogP contribution < -0.4 is 5.32 Å². The van der Waals surface area contributed by atoms with E-state index in [4.69, 9.17) is 9.97 Å². The summed E-state index contributed by atoms with van der Waals surface area (Å²) >= 11 is 0. The van der Waals surface area contributed by atoms with Crippen LogP contribution in [0.25, 0.3) is 0 Å². The fourth-order valence-electron chi connectivity index (χ4n) is 2.70. The van der Waals surface area contributed by atoms with Gasteiger partial charge in [-0.3, -0.25) is 0 Å². The van der Waals surface area contributed by atoms with Crippen molar-refractivity contribution in [1.29, 1.82) is 0 Å². The molecule has 1 N–H and O–H groups in total. The zero-order chi connectivity index (χ0) is 15.2. The van der Waals surface area contributed by atoms with E-state index in [-0.39, 0.29) is 0 Å². The maximum Gasteiger partial charge on any atom is 0.132 e. The predicted molar refractivity (Wildman–Crippen MR) is 87.8 cm³/mol. The first-order valence-corrected chi connectivity index (χ1v) is 8.11. The van der Waals surface area contributed by atoms with Gasteiger partial charge in [-0.2, -0.15) is 0 Å². The minimum atomic E-state index is 0.509. The van der Waals surface area contributed by atoms with Crippen LogP contribution in [-0.4, -0.2) is 66.1 Å². The van der Waals surface area contributed by atoms with Crippen LogP contribution in [0.1, 0.15) is 31.8 Å². The number of hydrogen-bond acceptors (Lipinski definition) is 5. The van der Waals surface area contributed by atoms with Gasteiger partial charge in [-0.1, -0.05) is 13.8 Å². The summed E-state index contributed by atoms with van der Waals surface area (Å²) in [5, 5.41) is 3.39. The van der Waals surface area contributed by atoms with E-state index in [2.05, 4.69) is 49.1 Å². The Morgan fingerprint density at radius 1 is 1.24 bits per heavy atom. The van der Waals surface area contributed by atoms with Crippen LogP contribution in [0.3, 0.4) is 0 Å². The van der Waals surface area contributed by atoms with Gasteiger partial charge in [-0.05, 0) is 26.9 Å². The van der Waals surface area contributed by atoms with Gasteiger partial charge in [0, 0.05) is 50.4 Å². The van der Waals surface area contributed by atoms with Gasteiger partial charge in [0.2, 0.25) is 0 Å². The molecule has 0 bridgehead atoms. The second kappa shape index (κ2) is 7.71. The van der Waals surface area contributed by atoms with Crippen molar-refractivity contribution in [3.63, 3.8) is 0 Å². The Morgan fingerprint density at radius 3 is 2.76 bits per heavy atom. The molecule has 2 heterocycles. The van der Waals surface area contributed by atoms with Gasteiger partial charge in [-0.15, -0.1) is 0 Å². The van der Waals surface area contributed by atoms with Gasteiger partial charge in [-0.25, -0.2) is 9.97 Å². The average Bonchev–Trinajstić information content (AvgIpc) is 2.48. The Bertz CT molecular complexity index is 448. The molecule has 1 fully saturated rings. The van der Waals surface area contributed by atoms with Crippen molar-refractivity contribution in [2.75, 3.05) is 45.6 Å². The van der Waals surface area contributed by atoms with Crippen LogP contribution in [0.15, 0.2) is 6.07 Å². The van der Waals surface area contributed by atoms with E-state index in [9.17, 15) is 0 Å². The number of nitrogens with zero attached hydrogens (tertiary/aromatic N) is 4. The van der Waals surface area contributed by atoms with Crippen molar-refractivity contribution in [3.05, 3.63) is 17.6 Å². The third-order valence-corrected chi connectivity index (χ3v) is 4.14. The van der Waals surface area contributed by atoms with Gasteiger partial charge >= 0.3 is 0 Å². The summed E-state index contributed by atoms with van der Waals surface area (Å²) < 4.78 is 0. The van der Waals surface area contributed by atoms with E-state index < -0.39 is 0 Å². The molecule has 1 aliphatic heterocycles. The molecular weight excluding hydrogens is 262 g/mol. The number of piperazine rings is 1. The summed E-state index contributed by atoms with van der Waals surface area (Å²) in [5.74, 6) is 1.95. The van der Waals surface area contributed by atoms with Crippen molar-refractivity contribution in [3.8, 4) is 0 Å². The third-order valence-electron chi connectivity index (χ3n) is 4.14. The van der Waals surface area contributed by atoms with Crippen LogP contribution in [0.5, 0.6) is 0 Å². The topological polar surface area (TPSA) is 44.3 Å².